The van der Waals surface area contributed by atoms with E-state index in [1.165, 1.54) is 12.1 Å². The van der Waals surface area contributed by atoms with E-state index in [9.17, 15) is 13.2 Å². The lowest BCUT2D eigenvalue weighted by molar-refractivity contribution is 0.0976. The van der Waals surface area contributed by atoms with Crippen molar-refractivity contribution < 1.29 is 13.2 Å². The molecule has 6 heteroatoms. The first-order valence-corrected chi connectivity index (χ1v) is 10.4. The van der Waals surface area contributed by atoms with Gasteiger partial charge in [-0.1, -0.05) is 60.2 Å². The maximum atomic E-state index is 12.8. The minimum absolute atomic E-state index is 0.0301. The largest absolute Gasteiger partial charge is 0.378 e. The highest BCUT2D eigenvalue weighted by Crippen LogP contribution is 2.25. The van der Waals surface area contributed by atoms with Gasteiger partial charge in [-0.05, 0) is 36.8 Å². The first-order chi connectivity index (χ1) is 13.3. The Morgan fingerprint density at radius 3 is 2.11 bits per heavy atom. The van der Waals surface area contributed by atoms with Crippen LogP contribution in [0.3, 0.4) is 0 Å². The molecule has 0 bridgehead atoms. The van der Waals surface area contributed by atoms with Crippen molar-refractivity contribution in [2.24, 2.45) is 5.14 Å². The fraction of sp³-hybridized carbons (Fsp3) is 0.136. The molecule has 0 saturated carbocycles. The van der Waals surface area contributed by atoms with Crippen LogP contribution in [0.2, 0.25) is 0 Å². The van der Waals surface area contributed by atoms with Crippen molar-refractivity contribution in [2.45, 2.75) is 24.3 Å². The fourth-order valence-corrected chi connectivity index (χ4v) is 3.44. The SMILES string of the molecule is Cc1ccc(C(=O)CC(Nc2ccc(S(N)(=O)=O)cc2)c2ccccc2)cc1. The summed E-state index contributed by atoms with van der Waals surface area (Å²) in [6.07, 6.45) is 0.268. The van der Waals surface area contributed by atoms with Gasteiger partial charge in [0.25, 0.3) is 0 Å². The van der Waals surface area contributed by atoms with E-state index in [2.05, 4.69) is 5.32 Å². The second kappa shape index (κ2) is 8.37. The van der Waals surface area contributed by atoms with E-state index in [4.69, 9.17) is 5.14 Å². The molecule has 3 rings (SSSR count). The van der Waals surface area contributed by atoms with E-state index in [-0.39, 0.29) is 23.1 Å². The lowest BCUT2D eigenvalue weighted by Gasteiger charge is -2.20. The smallest absolute Gasteiger partial charge is 0.238 e. The number of benzene rings is 3. The molecule has 0 aromatic heterocycles. The molecule has 1 atom stereocenters. The van der Waals surface area contributed by atoms with E-state index in [0.29, 0.717) is 11.3 Å². The van der Waals surface area contributed by atoms with Gasteiger partial charge in [0, 0.05) is 17.7 Å². The molecule has 3 N–H and O–H groups in total. The number of primary sulfonamides is 1. The number of sulfonamides is 1. The number of hydrogen-bond acceptors (Lipinski definition) is 4. The predicted octanol–water partition coefficient (Wildman–Crippen LogP) is 4.07. The lowest BCUT2D eigenvalue weighted by atomic mass is 9.97. The molecule has 0 radical (unpaired) electrons. The number of hydrogen-bond donors (Lipinski definition) is 2. The molecule has 0 spiro atoms. The first-order valence-electron chi connectivity index (χ1n) is 8.87. The highest BCUT2D eigenvalue weighted by Gasteiger charge is 2.17. The number of Topliss-reactive ketones (excluding diaryl/α,β-unsaturated/α-hetero) is 1. The fourth-order valence-electron chi connectivity index (χ4n) is 2.92. The maximum absolute atomic E-state index is 12.8. The van der Waals surface area contributed by atoms with Crippen molar-refractivity contribution in [3.05, 3.63) is 95.6 Å². The molecule has 1 unspecified atom stereocenters. The molecule has 0 aliphatic heterocycles. The summed E-state index contributed by atoms with van der Waals surface area (Å²) in [6.45, 7) is 1.98. The van der Waals surface area contributed by atoms with Crippen molar-refractivity contribution in [3.63, 3.8) is 0 Å². The number of anilines is 1. The van der Waals surface area contributed by atoms with Gasteiger partial charge >= 0.3 is 0 Å². The van der Waals surface area contributed by atoms with Gasteiger partial charge in [0.15, 0.2) is 5.78 Å². The Hall–Kier alpha value is -2.96. The number of carbonyl (C=O) groups is 1. The van der Waals surface area contributed by atoms with Crippen LogP contribution >= 0.6 is 0 Å². The summed E-state index contributed by atoms with van der Waals surface area (Å²) in [5, 5.41) is 8.48. The van der Waals surface area contributed by atoms with Crippen molar-refractivity contribution in [2.75, 3.05) is 5.32 Å². The number of nitrogens with one attached hydrogen (secondary N) is 1. The van der Waals surface area contributed by atoms with E-state index < -0.39 is 10.0 Å². The molecule has 0 aliphatic rings. The van der Waals surface area contributed by atoms with Gasteiger partial charge in [0.1, 0.15) is 0 Å². The summed E-state index contributed by atoms with van der Waals surface area (Å²) in [4.78, 5) is 12.8. The van der Waals surface area contributed by atoms with E-state index in [1.54, 1.807) is 12.1 Å². The molecule has 0 heterocycles. The molecule has 5 nitrogen and oxygen atoms in total. The third-order valence-electron chi connectivity index (χ3n) is 4.49. The molecule has 28 heavy (non-hydrogen) atoms. The third-order valence-corrected chi connectivity index (χ3v) is 5.42. The highest BCUT2D eigenvalue weighted by molar-refractivity contribution is 7.89. The summed E-state index contributed by atoms with van der Waals surface area (Å²) >= 11 is 0. The topological polar surface area (TPSA) is 89.3 Å². The predicted molar refractivity (Wildman–Crippen MR) is 111 cm³/mol. The zero-order valence-electron chi connectivity index (χ0n) is 15.5. The number of rotatable bonds is 7. The number of ketones is 1. The van der Waals surface area contributed by atoms with Crippen LogP contribution < -0.4 is 10.5 Å². The Morgan fingerprint density at radius 1 is 0.929 bits per heavy atom. The van der Waals surface area contributed by atoms with Crippen LogP contribution in [0.15, 0.2) is 83.8 Å². The van der Waals surface area contributed by atoms with Crippen LogP contribution in [0, 0.1) is 6.92 Å². The Morgan fingerprint density at radius 2 is 1.54 bits per heavy atom. The molecular formula is C22H22N2O3S. The average Bonchev–Trinajstić information content (AvgIpc) is 2.68. The summed E-state index contributed by atoms with van der Waals surface area (Å²) in [5.74, 6) is 0.0301. The summed E-state index contributed by atoms with van der Waals surface area (Å²) in [7, 11) is -3.74. The number of carbonyl (C=O) groups excluding carboxylic acids is 1. The maximum Gasteiger partial charge on any atom is 0.238 e. The van der Waals surface area contributed by atoms with Crippen molar-refractivity contribution in [1.29, 1.82) is 0 Å². The highest BCUT2D eigenvalue weighted by atomic mass is 32.2. The Labute approximate surface area is 165 Å². The monoisotopic (exact) mass is 394 g/mol. The van der Waals surface area contributed by atoms with Gasteiger partial charge in [-0.15, -0.1) is 0 Å². The first kappa shape index (κ1) is 19.8. The molecule has 3 aromatic carbocycles. The van der Waals surface area contributed by atoms with Crippen molar-refractivity contribution in [3.8, 4) is 0 Å². The summed E-state index contributed by atoms with van der Waals surface area (Å²) < 4.78 is 22.9. The van der Waals surface area contributed by atoms with Gasteiger partial charge in [0.05, 0.1) is 10.9 Å². The van der Waals surface area contributed by atoms with Crippen molar-refractivity contribution >= 4 is 21.5 Å². The standard InChI is InChI=1S/C22H22N2O3S/c1-16-7-9-18(10-8-16)22(25)15-21(17-5-3-2-4-6-17)24-19-11-13-20(14-12-19)28(23,26)27/h2-14,21,24H,15H2,1H3,(H2,23,26,27). The minimum atomic E-state index is -3.74. The summed E-state index contributed by atoms with van der Waals surface area (Å²) in [6, 6.07) is 23.1. The van der Waals surface area contributed by atoms with Crippen LogP contribution in [0.1, 0.15) is 33.9 Å². The zero-order valence-corrected chi connectivity index (χ0v) is 16.3. The van der Waals surface area contributed by atoms with E-state index in [1.807, 2.05) is 61.5 Å². The van der Waals surface area contributed by atoms with Gasteiger partial charge < -0.3 is 5.32 Å². The van der Waals surface area contributed by atoms with Crippen LogP contribution in [-0.2, 0) is 10.0 Å². The normalized spacial score (nSPS) is 12.4. The Kier molecular flexibility index (Phi) is 5.92. The second-order valence-corrected chi connectivity index (χ2v) is 8.23. The average molecular weight is 394 g/mol. The molecular weight excluding hydrogens is 372 g/mol. The minimum Gasteiger partial charge on any atom is -0.378 e. The molecule has 144 valence electrons. The Balaban J connectivity index is 1.83. The van der Waals surface area contributed by atoms with Crippen LogP contribution in [-0.4, -0.2) is 14.2 Å². The van der Waals surface area contributed by atoms with Crippen LogP contribution in [0.4, 0.5) is 5.69 Å². The molecule has 0 aliphatic carbocycles. The molecule has 3 aromatic rings. The quantitative estimate of drug-likeness (QED) is 0.591. The molecule has 0 fully saturated rings. The third kappa shape index (κ3) is 5.06. The van der Waals surface area contributed by atoms with E-state index in [0.717, 1.165) is 11.1 Å². The van der Waals surface area contributed by atoms with Crippen LogP contribution in [0.5, 0.6) is 0 Å². The molecule has 0 saturated heterocycles. The van der Waals surface area contributed by atoms with E-state index >= 15 is 0 Å². The van der Waals surface area contributed by atoms with Gasteiger partial charge in [0.2, 0.25) is 10.0 Å². The molecule has 0 amide bonds. The lowest BCUT2D eigenvalue weighted by Crippen LogP contribution is -2.16. The number of nitrogens with two attached hydrogens (primary N) is 1. The Bertz CT molecular complexity index is 1050. The van der Waals surface area contributed by atoms with Crippen LogP contribution in [0.25, 0.3) is 0 Å². The van der Waals surface area contributed by atoms with Gasteiger partial charge in [-0.2, -0.15) is 0 Å². The van der Waals surface area contributed by atoms with Gasteiger partial charge in [-0.25, -0.2) is 13.6 Å². The number of aryl methyl sites for hydroxylation is 1. The van der Waals surface area contributed by atoms with Gasteiger partial charge in [-0.3, -0.25) is 4.79 Å². The zero-order chi connectivity index (χ0) is 20.1. The van der Waals surface area contributed by atoms with Crippen molar-refractivity contribution in [1.82, 2.24) is 0 Å². The second-order valence-electron chi connectivity index (χ2n) is 6.67. The summed E-state index contributed by atoms with van der Waals surface area (Å²) in [5.41, 5.74) is 3.44.